The van der Waals surface area contributed by atoms with Gasteiger partial charge in [0.05, 0.1) is 0 Å². The van der Waals surface area contributed by atoms with Crippen LogP contribution in [0, 0.1) is 0 Å². The van der Waals surface area contributed by atoms with E-state index in [0.717, 1.165) is 5.56 Å². The molecule has 0 radical (unpaired) electrons. The summed E-state index contributed by atoms with van der Waals surface area (Å²) in [6, 6.07) is 8.84. The lowest BCUT2D eigenvalue weighted by Gasteiger charge is -2.10. The number of amides is 1. The number of pyridine rings is 2. The van der Waals surface area contributed by atoms with Crippen LogP contribution in [-0.2, 0) is 6.54 Å². The Labute approximate surface area is 148 Å². The number of carbonyl (C=O) groups is 1. The maximum Gasteiger partial charge on any atom is 0.251 e. The van der Waals surface area contributed by atoms with E-state index in [2.05, 4.69) is 30.5 Å². The van der Waals surface area contributed by atoms with Gasteiger partial charge in [0, 0.05) is 42.5 Å². The highest BCUT2D eigenvalue weighted by Gasteiger charge is 2.11. The highest BCUT2D eigenvalue weighted by molar-refractivity contribution is 5.94. The number of aromatic nitrogens is 7. The van der Waals surface area contributed by atoms with Crippen LogP contribution in [0.25, 0.3) is 11.6 Å². The van der Waals surface area contributed by atoms with Gasteiger partial charge in [-0.25, -0.2) is 24.3 Å². The van der Waals surface area contributed by atoms with Gasteiger partial charge in [0.1, 0.15) is 12.7 Å². The Hall–Kier alpha value is -3.88. The van der Waals surface area contributed by atoms with Crippen LogP contribution >= 0.6 is 0 Å². The average molecular weight is 346 g/mol. The topological polar surface area (TPSA) is 103 Å². The normalized spacial score (nSPS) is 10.6. The largest absolute Gasteiger partial charge is 0.348 e. The van der Waals surface area contributed by atoms with Gasteiger partial charge in [-0.05, 0) is 24.3 Å². The zero-order chi connectivity index (χ0) is 17.8. The maximum absolute atomic E-state index is 12.5. The Morgan fingerprint density at radius 1 is 1.04 bits per heavy atom. The maximum atomic E-state index is 12.5. The van der Waals surface area contributed by atoms with Gasteiger partial charge in [0.15, 0.2) is 11.6 Å². The van der Waals surface area contributed by atoms with Gasteiger partial charge in [-0.2, -0.15) is 10.2 Å². The summed E-state index contributed by atoms with van der Waals surface area (Å²) in [5.74, 6) is 0.980. The number of hydrogen-bond donors (Lipinski definition) is 1. The molecule has 9 heteroatoms. The van der Waals surface area contributed by atoms with Gasteiger partial charge in [-0.3, -0.25) is 4.79 Å². The van der Waals surface area contributed by atoms with E-state index in [-0.39, 0.29) is 5.91 Å². The van der Waals surface area contributed by atoms with Crippen molar-refractivity contribution in [2.75, 3.05) is 0 Å². The minimum Gasteiger partial charge on any atom is -0.348 e. The molecule has 0 aliphatic rings. The first-order chi connectivity index (χ1) is 12.8. The van der Waals surface area contributed by atoms with Crippen molar-refractivity contribution in [3.05, 3.63) is 78.9 Å². The summed E-state index contributed by atoms with van der Waals surface area (Å²) in [5.41, 5.74) is 1.34. The molecule has 0 unspecified atom stereocenters. The van der Waals surface area contributed by atoms with Crippen molar-refractivity contribution in [3.63, 3.8) is 0 Å². The van der Waals surface area contributed by atoms with Crippen LogP contribution in [0.1, 0.15) is 15.9 Å². The van der Waals surface area contributed by atoms with E-state index in [4.69, 9.17) is 0 Å². The summed E-state index contributed by atoms with van der Waals surface area (Å²) in [6.45, 7) is 0.322. The van der Waals surface area contributed by atoms with E-state index < -0.39 is 0 Å². The van der Waals surface area contributed by atoms with Gasteiger partial charge in [0.25, 0.3) is 5.91 Å². The first-order valence-corrected chi connectivity index (χ1v) is 7.84. The van der Waals surface area contributed by atoms with Crippen LogP contribution in [0.5, 0.6) is 0 Å². The van der Waals surface area contributed by atoms with Gasteiger partial charge < -0.3 is 5.32 Å². The van der Waals surface area contributed by atoms with Crippen molar-refractivity contribution in [1.82, 2.24) is 39.8 Å². The standard InChI is InChI=1S/C17H14N8O/c26-17(13-4-7-19-15(9-13)25-12-18-11-23-25)21-10-14-3-1-5-20-16(14)24-8-2-6-22-24/h1-9,11-12H,10H2,(H,21,26). The van der Waals surface area contributed by atoms with Gasteiger partial charge >= 0.3 is 0 Å². The van der Waals surface area contributed by atoms with Crippen LogP contribution in [-0.4, -0.2) is 40.4 Å². The van der Waals surface area contributed by atoms with E-state index in [9.17, 15) is 4.79 Å². The molecule has 4 rings (SSSR count). The molecule has 4 aromatic heterocycles. The van der Waals surface area contributed by atoms with E-state index in [1.165, 1.54) is 17.3 Å². The Balaban J connectivity index is 1.51. The Bertz CT molecular complexity index is 1010. The van der Waals surface area contributed by atoms with Crippen molar-refractivity contribution in [2.24, 2.45) is 0 Å². The molecule has 0 saturated heterocycles. The van der Waals surface area contributed by atoms with Gasteiger partial charge in [-0.15, -0.1) is 0 Å². The average Bonchev–Trinajstić information content (AvgIpc) is 3.40. The summed E-state index contributed by atoms with van der Waals surface area (Å²) in [7, 11) is 0. The van der Waals surface area contributed by atoms with E-state index in [1.54, 1.807) is 41.6 Å². The van der Waals surface area contributed by atoms with Crippen molar-refractivity contribution >= 4 is 5.91 Å². The van der Waals surface area contributed by atoms with Crippen molar-refractivity contribution in [1.29, 1.82) is 0 Å². The minimum absolute atomic E-state index is 0.218. The summed E-state index contributed by atoms with van der Waals surface area (Å²) in [6.07, 6.45) is 9.67. The Kier molecular flexibility index (Phi) is 4.17. The fourth-order valence-corrected chi connectivity index (χ4v) is 2.46. The predicted octanol–water partition coefficient (Wildman–Crippen LogP) is 1.17. The van der Waals surface area contributed by atoms with Crippen LogP contribution in [0.3, 0.4) is 0 Å². The summed E-state index contributed by atoms with van der Waals surface area (Å²) in [5, 5.41) is 11.1. The van der Waals surface area contributed by atoms with Crippen molar-refractivity contribution in [2.45, 2.75) is 6.54 Å². The number of carbonyl (C=O) groups excluding carboxylic acids is 1. The number of rotatable bonds is 5. The molecular formula is C17H14N8O. The number of hydrogen-bond acceptors (Lipinski definition) is 6. The second-order valence-corrected chi connectivity index (χ2v) is 5.36. The fraction of sp³-hybridized carbons (Fsp3) is 0.0588. The zero-order valence-corrected chi connectivity index (χ0v) is 13.6. The summed E-state index contributed by atoms with van der Waals surface area (Å²) in [4.78, 5) is 24.9. The third-order valence-electron chi connectivity index (χ3n) is 3.69. The molecule has 0 bridgehead atoms. The van der Waals surface area contributed by atoms with Crippen molar-refractivity contribution in [3.8, 4) is 11.6 Å². The second kappa shape index (κ2) is 6.93. The molecule has 0 spiro atoms. The third-order valence-corrected chi connectivity index (χ3v) is 3.69. The lowest BCUT2D eigenvalue weighted by atomic mass is 10.2. The molecule has 1 amide bonds. The van der Waals surface area contributed by atoms with E-state index >= 15 is 0 Å². The van der Waals surface area contributed by atoms with Gasteiger partial charge in [0.2, 0.25) is 0 Å². The monoisotopic (exact) mass is 346 g/mol. The predicted molar refractivity (Wildman–Crippen MR) is 91.7 cm³/mol. The lowest BCUT2D eigenvalue weighted by Crippen LogP contribution is -2.24. The van der Waals surface area contributed by atoms with Crippen molar-refractivity contribution < 1.29 is 4.79 Å². The van der Waals surface area contributed by atoms with Gasteiger partial charge in [-0.1, -0.05) is 6.07 Å². The van der Waals surface area contributed by atoms with Crippen LogP contribution < -0.4 is 5.32 Å². The SMILES string of the molecule is O=C(NCc1cccnc1-n1cccn1)c1ccnc(-n2cncn2)c1. The number of nitrogens with zero attached hydrogens (tertiary/aromatic N) is 7. The van der Waals surface area contributed by atoms with E-state index in [0.29, 0.717) is 23.7 Å². The molecule has 26 heavy (non-hydrogen) atoms. The lowest BCUT2D eigenvalue weighted by molar-refractivity contribution is 0.0950. The fourth-order valence-electron chi connectivity index (χ4n) is 2.46. The highest BCUT2D eigenvalue weighted by atomic mass is 16.1. The highest BCUT2D eigenvalue weighted by Crippen LogP contribution is 2.11. The van der Waals surface area contributed by atoms with Crippen LogP contribution in [0.4, 0.5) is 0 Å². The zero-order valence-electron chi connectivity index (χ0n) is 13.6. The molecule has 128 valence electrons. The quantitative estimate of drug-likeness (QED) is 0.582. The second-order valence-electron chi connectivity index (χ2n) is 5.36. The molecule has 0 atom stereocenters. The van der Waals surface area contributed by atoms with Crippen LogP contribution in [0.2, 0.25) is 0 Å². The molecule has 0 aromatic carbocycles. The molecule has 9 nitrogen and oxygen atoms in total. The molecule has 1 N–H and O–H groups in total. The first-order valence-electron chi connectivity index (χ1n) is 7.84. The molecule has 0 aliphatic carbocycles. The molecule has 0 saturated carbocycles. The summed E-state index contributed by atoms with van der Waals surface area (Å²) >= 11 is 0. The molecular weight excluding hydrogens is 332 g/mol. The number of nitrogens with one attached hydrogen (secondary N) is 1. The third kappa shape index (κ3) is 3.18. The Morgan fingerprint density at radius 2 is 2.00 bits per heavy atom. The molecule has 0 aliphatic heterocycles. The summed E-state index contributed by atoms with van der Waals surface area (Å²) < 4.78 is 3.16. The molecule has 0 fully saturated rings. The minimum atomic E-state index is -0.218. The molecule has 4 heterocycles. The van der Waals surface area contributed by atoms with Crippen LogP contribution in [0.15, 0.2) is 67.8 Å². The first kappa shape index (κ1) is 15.6. The molecule has 4 aromatic rings. The smallest absolute Gasteiger partial charge is 0.251 e. The van der Waals surface area contributed by atoms with E-state index in [1.807, 2.05) is 18.2 Å². The Morgan fingerprint density at radius 3 is 2.81 bits per heavy atom.